The summed E-state index contributed by atoms with van der Waals surface area (Å²) in [6.07, 6.45) is 22.0. The van der Waals surface area contributed by atoms with Crippen LogP contribution in [0.25, 0.3) is 0 Å². The Hall–Kier alpha value is -4.03. The van der Waals surface area contributed by atoms with Gasteiger partial charge in [0.15, 0.2) is 0 Å². The highest BCUT2D eigenvalue weighted by molar-refractivity contribution is 5.93. The second-order valence-electron chi connectivity index (χ2n) is 12.2. The molecule has 3 atom stereocenters. The highest BCUT2D eigenvalue weighted by atomic mass is 16.5. The van der Waals surface area contributed by atoms with E-state index in [9.17, 15) is 4.79 Å². The number of nitrogens with one attached hydrogen (secondary N) is 1. The lowest BCUT2D eigenvalue weighted by Gasteiger charge is -2.22. The van der Waals surface area contributed by atoms with Crippen LogP contribution in [0.3, 0.4) is 0 Å². The van der Waals surface area contributed by atoms with Crippen molar-refractivity contribution in [3.63, 3.8) is 0 Å². The summed E-state index contributed by atoms with van der Waals surface area (Å²) in [4.78, 5) is 10.8. The number of carbonyl (C=O) groups is 1. The molecular weight excluding hydrogens is 603 g/mol. The van der Waals surface area contributed by atoms with Crippen LogP contribution in [0.5, 0.6) is 0 Å². The number of aromatic nitrogens is 1. The zero-order valence-electron chi connectivity index (χ0n) is 31.9. The largest absolute Gasteiger partial charge is 0.366 e. The summed E-state index contributed by atoms with van der Waals surface area (Å²) in [5, 5.41) is 3.64. The van der Waals surface area contributed by atoms with E-state index < -0.39 is 5.91 Å². The molecule has 4 rings (SSSR count). The van der Waals surface area contributed by atoms with E-state index in [0.717, 1.165) is 37.9 Å². The Labute approximate surface area is 300 Å². The van der Waals surface area contributed by atoms with Crippen LogP contribution < -0.4 is 11.1 Å². The van der Waals surface area contributed by atoms with Crippen molar-refractivity contribution in [3.05, 3.63) is 107 Å². The van der Waals surface area contributed by atoms with E-state index in [0.29, 0.717) is 17.6 Å². The molecule has 2 heterocycles. The zero-order chi connectivity index (χ0) is 37.0. The zero-order valence-corrected chi connectivity index (χ0v) is 31.9. The van der Waals surface area contributed by atoms with E-state index in [-0.39, 0.29) is 6.23 Å². The molecule has 49 heavy (non-hydrogen) atoms. The molecule has 1 aromatic heterocycles. The monoisotopic (exact) mass is 668 g/mol. The first-order valence-corrected chi connectivity index (χ1v) is 18.1. The number of hydrogen-bond acceptors (Lipinski definition) is 3. The fourth-order valence-electron chi connectivity index (χ4n) is 5.19. The van der Waals surface area contributed by atoms with E-state index in [4.69, 9.17) is 10.5 Å². The molecule has 2 aromatic carbocycles. The quantitative estimate of drug-likeness (QED) is 0.158. The molecule has 0 spiro atoms. The summed E-state index contributed by atoms with van der Waals surface area (Å²) < 4.78 is 8.86. The molecule has 1 aliphatic heterocycles. The van der Waals surface area contributed by atoms with Gasteiger partial charge in [0.1, 0.15) is 6.23 Å². The highest BCUT2D eigenvalue weighted by Gasteiger charge is 2.28. The number of primary amides is 1. The van der Waals surface area contributed by atoms with Gasteiger partial charge in [-0.1, -0.05) is 115 Å². The summed E-state index contributed by atoms with van der Waals surface area (Å²) in [6, 6.07) is 18.1. The van der Waals surface area contributed by atoms with Crippen molar-refractivity contribution in [2.75, 3.05) is 0 Å². The van der Waals surface area contributed by atoms with Gasteiger partial charge in [-0.2, -0.15) is 0 Å². The smallest absolute Gasteiger partial charge is 0.248 e. The van der Waals surface area contributed by atoms with Crippen LogP contribution in [-0.2, 0) is 17.8 Å². The SMILES string of the molecule is C#C.C=CC.CCC.CCC#Cc1cccc(C(N)=O)c1.CCCCC1CCC(n2ccc(CNCc3ccc(C)cc3)c2C(C)CC)O1. The molecular formula is C44H65N3O2. The molecule has 3 unspecified atom stereocenters. The lowest BCUT2D eigenvalue weighted by Crippen LogP contribution is -2.18. The Kier molecular flexibility index (Phi) is 25.6. The second kappa shape index (κ2) is 27.9. The normalized spacial score (nSPS) is 14.7. The van der Waals surface area contributed by atoms with Crippen LogP contribution in [0.15, 0.2) is 73.4 Å². The number of terminal acetylenes is 1. The Morgan fingerprint density at radius 1 is 1.08 bits per heavy atom. The molecule has 0 radical (unpaired) electrons. The number of hydrogen-bond donors (Lipinski definition) is 2. The minimum atomic E-state index is -0.417. The van der Waals surface area contributed by atoms with Gasteiger partial charge in [0.2, 0.25) is 5.91 Å². The van der Waals surface area contributed by atoms with Crippen LogP contribution in [0, 0.1) is 31.6 Å². The molecule has 1 amide bonds. The summed E-state index contributed by atoms with van der Waals surface area (Å²) >= 11 is 0. The Morgan fingerprint density at radius 2 is 1.73 bits per heavy atom. The van der Waals surface area contributed by atoms with Gasteiger partial charge in [0.25, 0.3) is 0 Å². The maximum atomic E-state index is 10.8. The van der Waals surface area contributed by atoms with E-state index in [2.05, 4.69) is 119 Å². The molecule has 3 aromatic rings. The number of nitrogens with two attached hydrogens (primary N) is 1. The van der Waals surface area contributed by atoms with Gasteiger partial charge in [0.05, 0.1) is 6.10 Å². The fourth-order valence-corrected chi connectivity index (χ4v) is 5.19. The minimum absolute atomic E-state index is 0.219. The van der Waals surface area contributed by atoms with E-state index in [1.54, 1.807) is 24.3 Å². The van der Waals surface area contributed by atoms with E-state index in [1.807, 2.05) is 19.9 Å². The Balaban J connectivity index is 0.000000911. The first-order valence-electron chi connectivity index (χ1n) is 18.1. The van der Waals surface area contributed by atoms with Crippen LogP contribution in [0.1, 0.15) is 150 Å². The molecule has 3 N–H and O–H groups in total. The predicted molar refractivity (Wildman–Crippen MR) is 211 cm³/mol. The number of amides is 1. The van der Waals surface area contributed by atoms with Crippen molar-refractivity contribution in [1.29, 1.82) is 0 Å². The number of rotatable bonds is 11. The second-order valence-corrected chi connectivity index (χ2v) is 12.2. The van der Waals surface area contributed by atoms with Crippen molar-refractivity contribution in [2.24, 2.45) is 5.73 Å². The number of ether oxygens (including phenoxy) is 1. The summed E-state index contributed by atoms with van der Waals surface area (Å²) in [7, 11) is 0. The van der Waals surface area contributed by atoms with Crippen LogP contribution >= 0.6 is 0 Å². The first-order chi connectivity index (χ1) is 23.7. The molecule has 5 heteroatoms. The Bertz CT molecular complexity index is 1390. The molecule has 1 saturated heterocycles. The summed E-state index contributed by atoms with van der Waals surface area (Å²) in [5.74, 6) is 5.99. The topological polar surface area (TPSA) is 69.3 Å². The van der Waals surface area contributed by atoms with Crippen LogP contribution in [-0.4, -0.2) is 16.6 Å². The molecule has 5 nitrogen and oxygen atoms in total. The maximum absolute atomic E-state index is 10.8. The third kappa shape index (κ3) is 17.8. The van der Waals surface area contributed by atoms with E-state index >= 15 is 0 Å². The summed E-state index contributed by atoms with van der Waals surface area (Å²) in [6.45, 7) is 22.3. The van der Waals surface area contributed by atoms with Crippen molar-refractivity contribution in [2.45, 2.75) is 138 Å². The Morgan fingerprint density at radius 3 is 2.31 bits per heavy atom. The summed E-state index contributed by atoms with van der Waals surface area (Å²) in [5.41, 5.74) is 12.0. The van der Waals surface area contributed by atoms with Gasteiger partial charge >= 0.3 is 0 Å². The molecule has 268 valence electrons. The number of aryl methyl sites for hydroxylation is 1. The maximum Gasteiger partial charge on any atom is 0.248 e. The first kappa shape index (κ1) is 45.0. The average Bonchev–Trinajstić information content (AvgIpc) is 3.76. The van der Waals surface area contributed by atoms with Crippen LogP contribution in [0.2, 0.25) is 0 Å². The van der Waals surface area contributed by atoms with Gasteiger partial charge < -0.3 is 20.4 Å². The van der Waals surface area contributed by atoms with Crippen molar-refractivity contribution in [3.8, 4) is 24.7 Å². The number of carbonyl (C=O) groups excluding carboxylic acids is 1. The average molecular weight is 668 g/mol. The third-order valence-electron chi connectivity index (χ3n) is 7.72. The third-order valence-corrected chi connectivity index (χ3v) is 7.72. The standard InChI is InChI=1S/C25H38N2O.C11H11NO.C3H8.C3H6.C2H2/c1-5-7-8-23-13-14-24(28-23)27-16-15-22(25(27)20(4)6-2)18-26-17-21-11-9-19(3)10-12-21;1-2-3-5-9-6-4-7-10(8-9)11(12)13;2*1-3-2;1-2/h9-12,15-16,20,23-24,26H,5-8,13-14,17-18H2,1-4H3;4,6-8H,2H2,1H3,(H2,12,13);3H2,1-2H3;3H,1H2,2H3;1-2H. The predicted octanol–water partition coefficient (Wildman–Crippen LogP) is 10.9. The minimum Gasteiger partial charge on any atom is -0.366 e. The molecule has 1 fully saturated rings. The fraction of sp³-hybridized carbons (Fsp3) is 0.477. The van der Waals surface area contributed by atoms with Crippen molar-refractivity contribution in [1.82, 2.24) is 9.88 Å². The lowest BCUT2D eigenvalue weighted by atomic mass is 10.0. The number of nitrogens with zero attached hydrogens (tertiary/aromatic N) is 1. The number of allylic oxidation sites excluding steroid dienone is 1. The molecule has 0 aliphatic carbocycles. The number of unbranched alkanes of at least 4 members (excludes halogenated alkanes) is 1. The van der Waals surface area contributed by atoms with Gasteiger partial charge in [-0.15, -0.1) is 19.4 Å². The van der Waals surface area contributed by atoms with Gasteiger partial charge in [-0.05, 0) is 80.8 Å². The van der Waals surface area contributed by atoms with Crippen molar-refractivity contribution < 1.29 is 9.53 Å². The van der Waals surface area contributed by atoms with Crippen molar-refractivity contribution >= 4 is 5.91 Å². The lowest BCUT2D eigenvalue weighted by molar-refractivity contribution is -0.00388. The van der Waals surface area contributed by atoms with Gasteiger partial charge in [-0.25, -0.2) is 0 Å². The molecule has 0 bridgehead atoms. The molecule has 0 saturated carbocycles. The molecule has 1 aliphatic rings. The van der Waals surface area contributed by atoms with E-state index in [1.165, 1.54) is 54.5 Å². The number of benzene rings is 2. The highest BCUT2D eigenvalue weighted by Crippen LogP contribution is 2.35. The van der Waals surface area contributed by atoms with Gasteiger partial charge in [0, 0.05) is 42.5 Å². The van der Waals surface area contributed by atoms with Crippen LogP contribution in [0.4, 0.5) is 0 Å². The van der Waals surface area contributed by atoms with Gasteiger partial charge in [-0.3, -0.25) is 4.79 Å².